The van der Waals surface area contributed by atoms with Gasteiger partial charge in [0.05, 0.1) is 28.9 Å². The molecule has 2 aromatic rings. The summed E-state index contributed by atoms with van der Waals surface area (Å²) < 4.78 is 2.03. The SMILES string of the molecule is CCn1cncc1CNC(=O)[C@]1(CC)C[C@@H]2CC[C@H]1N2C(=O)c1cccs1. The van der Waals surface area contributed by atoms with Crippen LogP contribution in [-0.2, 0) is 17.9 Å². The van der Waals surface area contributed by atoms with Gasteiger partial charge in [0.2, 0.25) is 5.91 Å². The Bertz CT molecular complexity index is 831. The maximum absolute atomic E-state index is 13.3. The van der Waals surface area contributed by atoms with Crippen molar-refractivity contribution in [1.82, 2.24) is 19.8 Å². The summed E-state index contributed by atoms with van der Waals surface area (Å²) in [7, 11) is 0. The van der Waals surface area contributed by atoms with Crippen molar-refractivity contribution in [2.75, 3.05) is 0 Å². The summed E-state index contributed by atoms with van der Waals surface area (Å²) in [6.07, 6.45) is 7.02. The monoisotopic (exact) mass is 386 g/mol. The lowest BCUT2D eigenvalue weighted by molar-refractivity contribution is -0.133. The van der Waals surface area contributed by atoms with Crippen LogP contribution in [0, 0.1) is 5.41 Å². The number of aryl methyl sites for hydroxylation is 1. The quantitative estimate of drug-likeness (QED) is 0.830. The lowest BCUT2D eigenvalue weighted by Gasteiger charge is -2.35. The summed E-state index contributed by atoms with van der Waals surface area (Å²) in [4.78, 5) is 33.2. The number of amides is 2. The Morgan fingerprint density at radius 2 is 2.22 bits per heavy atom. The molecule has 2 aromatic heterocycles. The predicted molar refractivity (Wildman–Crippen MR) is 104 cm³/mol. The number of carbonyl (C=O) groups is 2. The van der Waals surface area contributed by atoms with Crippen LogP contribution in [-0.4, -0.2) is 38.3 Å². The molecular formula is C20H26N4O2S. The van der Waals surface area contributed by atoms with E-state index in [4.69, 9.17) is 0 Å². The first-order valence-electron chi connectivity index (χ1n) is 9.74. The minimum atomic E-state index is -0.479. The topological polar surface area (TPSA) is 67.2 Å². The van der Waals surface area contributed by atoms with E-state index in [9.17, 15) is 9.59 Å². The van der Waals surface area contributed by atoms with Crippen LogP contribution in [0.15, 0.2) is 30.0 Å². The number of aromatic nitrogens is 2. The zero-order valence-corrected chi connectivity index (χ0v) is 16.7. The number of rotatable bonds is 6. The number of carbonyl (C=O) groups excluding carboxylic acids is 2. The molecule has 4 heterocycles. The van der Waals surface area contributed by atoms with Crippen molar-refractivity contribution in [2.45, 2.75) is 64.7 Å². The van der Waals surface area contributed by atoms with Gasteiger partial charge in [-0.05, 0) is 44.1 Å². The van der Waals surface area contributed by atoms with E-state index < -0.39 is 5.41 Å². The summed E-state index contributed by atoms with van der Waals surface area (Å²) in [5.41, 5.74) is 0.527. The van der Waals surface area contributed by atoms with Crippen molar-refractivity contribution in [3.63, 3.8) is 0 Å². The first-order chi connectivity index (χ1) is 13.1. The van der Waals surface area contributed by atoms with E-state index in [0.717, 1.165) is 42.8 Å². The van der Waals surface area contributed by atoms with Crippen LogP contribution in [0.5, 0.6) is 0 Å². The fourth-order valence-electron chi connectivity index (χ4n) is 4.93. The highest BCUT2D eigenvalue weighted by atomic mass is 32.1. The average molecular weight is 387 g/mol. The van der Waals surface area contributed by atoms with Gasteiger partial charge in [-0.15, -0.1) is 11.3 Å². The van der Waals surface area contributed by atoms with Crippen molar-refractivity contribution >= 4 is 23.2 Å². The number of thiophene rings is 1. The largest absolute Gasteiger partial charge is 0.350 e. The van der Waals surface area contributed by atoms with Crippen LogP contribution in [0.2, 0.25) is 0 Å². The van der Waals surface area contributed by atoms with Crippen LogP contribution < -0.4 is 5.32 Å². The van der Waals surface area contributed by atoms with Crippen LogP contribution in [0.25, 0.3) is 0 Å². The number of nitrogens with zero attached hydrogens (tertiary/aromatic N) is 3. The molecule has 0 saturated carbocycles. The average Bonchev–Trinajstić information content (AvgIpc) is 3.48. The predicted octanol–water partition coefficient (Wildman–Crippen LogP) is 3.05. The van der Waals surface area contributed by atoms with E-state index in [1.165, 1.54) is 11.3 Å². The van der Waals surface area contributed by atoms with Gasteiger partial charge in [-0.25, -0.2) is 4.98 Å². The zero-order chi connectivity index (χ0) is 19.0. The maximum atomic E-state index is 13.3. The molecule has 2 bridgehead atoms. The fraction of sp³-hybridized carbons (Fsp3) is 0.550. The van der Waals surface area contributed by atoms with Gasteiger partial charge < -0.3 is 14.8 Å². The van der Waals surface area contributed by atoms with Crippen molar-refractivity contribution in [2.24, 2.45) is 5.41 Å². The maximum Gasteiger partial charge on any atom is 0.264 e. The lowest BCUT2D eigenvalue weighted by atomic mass is 9.71. The number of nitrogens with one attached hydrogen (secondary N) is 1. The van der Waals surface area contributed by atoms with Gasteiger partial charge in [0.15, 0.2) is 0 Å². The van der Waals surface area contributed by atoms with Crippen molar-refractivity contribution in [3.8, 4) is 0 Å². The second-order valence-corrected chi connectivity index (χ2v) is 8.45. The Balaban J connectivity index is 1.52. The third kappa shape index (κ3) is 2.88. The molecule has 7 heteroatoms. The second kappa shape index (κ2) is 7.11. The molecule has 0 spiro atoms. The van der Waals surface area contributed by atoms with E-state index >= 15 is 0 Å². The van der Waals surface area contributed by atoms with E-state index in [-0.39, 0.29) is 23.9 Å². The molecule has 0 radical (unpaired) electrons. The summed E-state index contributed by atoms with van der Waals surface area (Å²) in [5.74, 6) is 0.162. The first kappa shape index (κ1) is 18.2. The fourth-order valence-corrected chi connectivity index (χ4v) is 5.60. The molecule has 2 aliphatic heterocycles. The second-order valence-electron chi connectivity index (χ2n) is 7.50. The smallest absolute Gasteiger partial charge is 0.264 e. The van der Waals surface area contributed by atoms with Crippen LogP contribution in [0.1, 0.15) is 54.9 Å². The third-order valence-electron chi connectivity index (χ3n) is 6.36. The highest BCUT2D eigenvalue weighted by Gasteiger charge is 2.60. The Kier molecular flexibility index (Phi) is 4.80. The summed E-state index contributed by atoms with van der Waals surface area (Å²) >= 11 is 1.48. The van der Waals surface area contributed by atoms with E-state index in [1.54, 1.807) is 12.5 Å². The zero-order valence-electron chi connectivity index (χ0n) is 15.9. The van der Waals surface area contributed by atoms with Crippen molar-refractivity contribution in [1.29, 1.82) is 0 Å². The molecule has 0 aromatic carbocycles. The highest BCUT2D eigenvalue weighted by molar-refractivity contribution is 7.12. The van der Waals surface area contributed by atoms with Crippen LogP contribution in [0.4, 0.5) is 0 Å². The molecule has 3 atom stereocenters. The molecular weight excluding hydrogens is 360 g/mol. The molecule has 2 aliphatic rings. The third-order valence-corrected chi connectivity index (χ3v) is 7.22. The molecule has 2 fully saturated rings. The van der Waals surface area contributed by atoms with E-state index in [1.807, 2.05) is 27.0 Å². The molecule has 4 rings (SSSR count). The highest BCUT2D eigenvalue weighted by Crippen LogP contribution is 2.52. The van der Waals surface area contributed by atoms with Gasteiger partial charge in [-0.1, -0.05) is 13.0 Å². The molecule has 2 saturated heterocycles. The minimum Gasteiger partial charge on any atom is -0.350 e. The van der Waals surface area contributed by atoms with Crippen LogP contribution in [0.3, 0.4) is 0 Å². The number of hydrogen-bond acceptors (Lipinski definition) is 4. The lowest BCUT2D eigenvalue weighted by Crippen LogP contribution is -2.49. The van der Waals surface area contributed by atoms with Crippen molar-refractivity contribution in [3.05, 3.63) is 40.6 Å². The Labute approximate surface area is 163 Å². The Morgan fingerprint density at radius 3 is 2.93 bits per heavy atom. The number of hydrogen-bond donors (Lipinski definition) is 1. The minimum absolute atomic E-state index is 0.00168. The molecule has 1 N–H and O–H groups in total. The number of fused-ring (bicyclic) bond motifs is 2. The summed E-state index contributed by atoms with van der Waals surface area (Å²) in [6, 6.07) is 3.96. The summed E-state index contributed by atoms with van der Waals surface area (Å²) in [6.45, 7) is 5.44. The Morgan fingerprint density at radius 1 is 1.37 bits per heavy atom. The molecule has 0 unspecified atom stereocenters. The first-order valence-corrected chi connectivity index (χ1v) is 10.6. The van der Waals surface area contributed by atoms with Gasteiger partial charge in [0, 0.05) is 24.8 Å². The van der Waals surface area contributed by atoms with Gasteiger partial charge >= 0.3 is 0 Å². The molecule has 0 aliphatic carbocycles. The molecule has 144 valence electrons. The molecule has 2 amide bonds. The molecule has 27 heavy (non-hydrogen) atoms. The van der Waals surface area contributed by atoms with Crippen molar-refractivity contribution < 1.29 is 9.59 Å². The van der Waals surface area contributed by atoms with Gasteiger partial charge in [-0.2, -0.15) is 0 Å². The van der Waals surface area contributed by atoms with Gasteiger partial charge in [0.1, 0.15) is 0 Å². The normalized spacial score (nSPS) is 26.5. The Hall–Kier alpha value is -2.15. The number of imidazole rings is 1. The van der Waals surface area contributed by atoms with E-state index in [0.29, 0.717) is 6.54 Å². The van der Waals surface area contributed by atoms with E-state index in [2.05, 4.69) is 24.1 Å². The standard InChI is InChI=1S/C20H26N4O2S/c1-3-20(19(26)22-12-15-11-21-13-23(15)4-2)10-14-7-8-17(20)24(14)18(25)16-6-5-9-27-16/h5-6,9,11,13-14,17H,3-4,7-8,10,12H2,1-2H3,(H,22,26)/t14-,17+,20+/m0/s1. The molecule has 6 nitrogen and oxygen atoms in total. The van der Waals surface area contributed by atoms with Crippen LogP contribution >= 0.6 is 11.3 Å². The summed E-state index contributed by atoms with van der Waals surface area (Å²) in [5, 5.41) is 5.07. The van der Waals surface area contributed by atoms with Gasteiger partial charge in [-0.3, -0.25) is 9.59 Å². The van der Waals surface area contributed by atoms with Gasteiger partial charge in [0.25, 0.3) is 5.91 Å².